The Kier molecular flexibility index (Phi) is 3.52. The van der Waals surface area contributed by atoms with E-state index in [4.69, 9.17) is 5.84 Å². The van der Waals surface area contributed by atoms with Crippen molar-refractivity contribution in [2.75, 3.05) is 0 Å². The van der Waals surface area contributed by atoms with Gasteiger partial charge in [-0.15, -0.1) is 0 Å². The van der Waals surface area contributed by atoms with Crippen molar-refractivity contribution >= 4 is 5.91 Å². The summed E-state index contributed by atoms with van der Waals surface area (Å²) in [7, 11) is 0. The number of benzene rings is 1. The van der Waals surface area contributed by atoms with Crippen molar-refractivity contribution < 1.29 is 4.79 Å². The van der Waals surface area contributed by atoms with Gasteiger partial charge in [0.05, 0.1) is 12.7 Å². The minimum Gasteiger partial charge on any atom is -0.333 e. The number of nitrogens with two attached hydrogens (primary N) is 1. The molecule has 0 spiro atoms. The van der Waals surface area contributed by atoms with E-state index in [1.165, 1.54) is 0 Å². The van der Waals surface area contributed by atoms with Crippen molar-refractivity contribution in [1.82, 2.24) is 15.0 Å². The Labute approximate surface area is 99.2 Å². The van der Waals surface area contributed by atoms with Gasteiger partial charge in [-0.2, -0.15) is 0 Å². The second kappa shape index (κ2) is 5.27. The summed E-state index contributed by atoms with van der Waals surface area (Å²) in [5.74, 6) is 4.87. The fourth-order valence-electron chi connectivity index (χ4n) is 1.67. The predicted molar refractivity (Wildman–Crippen MR) is 63.8 cm³/mol. The topological polar surface area (TPSA) is 72.9 Å². The number of carbonyl (C=O) groups is 1. The van der Waals surface area contributed by atoms with Crippen molar-refractivity contribution in [3.8, 4) is 0 Å². The van der Waals surface area contributed by atoms with E-state index in [-0.39, 0.29) is 5.91 Å². The number of imidazole rings is 1. The molecule has 0 fully saturated rings. The zero-order valence-corrected chi connectivity index (χ0v) is 9.34. The fraction of sp³-hybridized carbons (Fsp3) is 0.167. The van der Waals surface area contributed by atoms with Gasteiger partial charge in [-0.3, -0.25) is 10.2 Å². The van der Waals surface area contributed by atoms with Crippen molar-refractivity contribution in [2.45, 2.75) is 13.0 Å². The molecular formula is C12H14N4O. The highest BCUT2D eigenvalue weighted by Crippen LogP contribution is 2.07. The third-order valence-electron chi connectivity index (χ3n) is 2.44. The summed E-state index contributed by atoms with van der Waals surface area (Å²) in [5, 5.41) is 0. The van der Waals surface area contributed by atoms with Gasteiger partial charge >= 0.3 is 0 Å². The lowest BCUT2D eigenvalue weighted by molar-refractivity contribution is -0.120. The van der Waals surface area contributed by atoms with E-state index in [1.807, 2.05) is 35.0 Å². The first-order valence-corrected chi connectivity index (χ1v) is 5.31. The normalized spacial score (nSPS) is 10.2. The summed E-state index contributed by atoms with van der Waals surface area (Å²) in [6, 6.07) is 7.86. The monoisotopic (exact) mass is 230 g/mol. The van der Waals surface area contributed by atoms with Gasteiger partial charge in [0, 0.05) is 18.9 Å². The summed E-state index contributed by atoms with van der Waals surface area (Å²) in [5.41, 5.74) is 4.20. The smallest absolute Gasteiger partial charge is 0.238 e. The van der Waals surface area contributed by atoms with Gasteiger partial charge in [-0.1, -0.05) is 24.3 Å². The molecular weight excluding hydrogens is 216 g/mol. The van der Waals surface area contributed by atoms with Gasteiger partial charge in [-0.25, -0.2) is 10.8 Å². The maximum Gasteiger partial charge on any atom is 0.238 e. The number of amides is 1. The Morgan fingerprint density at radius 3 is 2.94 bits per heavy atom. The molecule has 0 radical (unpaired) electrons. The molecule has 5 heteroatoms. The lowest BCUT2D eigenvalue weighted by Crippen LogP contribution is -2.31. The molecule has 0 aliphatic rings. The predicted octanol–water partition coefficient (Wildman–Crippen LogP) is 0.464. The molecule has 0 atom stereocenters. The van der Waals surface area contributed by atoms with Crippen LogP contribution < -0.4 is 11.3 Å². The van der Waals surface area contributed by atoms with Crippen LogP contribution in [0.25, 0.3) is 0 Å². The van der Waals surface area contributed by atoms with Gasteiger partial charge < -0.3 is 4.57 Å². The Morgan fingerprint density at radius 2 is 2.24 bits per heavy atom. The van der Waals surface area contributed by atoms with Gasteiger partial charge in [0.1, 0.15) is 0 Å². The summed E-state index contributed by atoms with van der Waals surface area (Å²) in [6.07, 6.45) is 5.71. The average molecular weight is 230 g/mol. The highest BCUT2D eigenvalue weighted by atomic mass is 16.2. The SMILES string of the molecule is NNC(=O)Cc1cccc(Cn2ccnc2)c1. The minimum absolute atomic E-state index is 0.190. The summed E-state index contributed by atoms with van der Waals surface area (Å²) in [6.45, 7) is 0.748. The van der Waals surface area contributed by atoms with Gasteiger partial charge in [0.25, 0.3) is 0 Å². The Morgan fingerprint density at radius 1 is 1.41 bits per heavy atom. The second-order valence-electron chi connectivity index (χ2n) is 3.80. The van der Waals surface area contributed by atoms with Crippen molar-refractivity contribution in [2.24, 2.45) is 5.84 Å². The third kappa shape index (κ3) is 3.15. The second-order valence-corrected chi connectivity index (χ2v) is 3.80. The molecule has 0 aliphatic carbocycles. The quantitative estimate of drug-likeness (QED) is 0.455. The maximum atomic E-state index is 11.2. The molecule has 3 N–H and O–H groups in total. The van der Waals surface area contributed by atoms with E-state index in [0.717, 1.165) is 17.7 Å². The Balaban J connectivity index is 2.08. The first-order chi connectivity index (χ1) is 8.28. The first kappa shape index (κ1) is 11.3. The van der Waals surface area contributed by atoms with Crippen LogP contribution in [0, 0.1) is 0 Å². The number of nitrogens with zero attached hydrogens (tertiary/aromatic N) is 2. The molecule has 1 heterocycles. The molecule has 2 aromatic rings. The molecule has 17 heavy (non-hydrogen) atoms. The van der Waals surface area contributed by atoms with Gasteiger partial charge in [0.15, 0.2) is 0 Å². The van der Waals surface area contributed by atoms with Crippen LogP contribution in [-0.2, 0) is 17.8 Å². The lowest BCUT2D eigenvalue weighted by Gasteiger charge is -2.05. The molecule has 0 unspecified atom stereocenters. The van der Waals surface area contributed by atoms with Crippen LogP contribution in [0.1, 0.15) is 11.1 Å². The average Bonchev–Trinajstić information content (AvgIpc) is 2.82. The van der Waals surface area contributed by atoms with E-state index < -0.39 is 0 Å². The molecule has 0 saturated heterocycles. The number of aromatic nitrogens is 2. The number of carbonyl (C=O) groups excluding carboxylic acids is 1. The number of nitrogens with one attached hydrogen (secondary N) is 1. The van der Waals surface area contributed by atoms with E-state index in [9.17, 15) is 4.79 Å². The van der Waals surface area contributed by atoms with Crippen molar-refractivity contribution in [1.29, 1.82) is 0 Å². The largest absolute Gasteiger partial charge is 0.333 e. The molecule has 5 nitrogen and oxygen atoms in total. The van der Waals surface area contributed by atoms with Crippen LogP contribution in [0.15, 0.2) is 43.0 Å². The molecule has 1 aromatic heterocycles. The van der Waals surface area contributed by atoms with Gasteiger partial charge in [0.2, 0.25) is 5.91 Å². The summed E-state index contributed by atoms with van der Waals surface area (Å²) >= 11 is 0. The highest BCUT2D eigenvalue weighted by Gasteiger charge is 2.02. The van der Waals surface area contributed by atoms with E-state index in [1.54, 1.807) is 12.5 Å². The summed E-state index contributed by atoms with van der Waals surface area (Å²) in [4.78, 5) is 15.1. The zero-order chi connectivity index (χ0) is 12.1. The highest BCUT2D eigenvalue weighted by molar-refractivity contribution is 5.77. The number of rotatable bonds is 4. The van der Waals surface area contributed by atoms with Crippen molar-refractivity contribution in [3.05, 3.63) is 54.1 Å². The van der Waals surface area contributed by atoms with Crippen molar-refractivity contribution in [3.63, 3.8) is 0 Å². The van der Waals surface area contributed by atoms with Crippen LogP contribution in [0.2, 0.25) is 0 Å². The zero-order valence-electron chi connectivity index (χ0n) is 9.34. The van der Waals surface area contributed by atoms with Crippen LogP contribution in [-0.4, -0.2) is 15.5 Å². The van der Waals surface area contributed by atoms with E-state index in [0.29, 0.717) is 6.42 Å². The molecule has 88 valence electrons. The van der Waals surface area contributed by atoms with Crippen LogP contribution >= 0.6 is 0 Å². The van der Waals surface area contributed by atoms with Crippen LogP contribution in [0.5, 0.6) is 0 Å². The van der Waals surface area contributed by atoms with E-state index in [2.05, 4.69) is 10.4 Å². The molecule has 2 rings (SSSR count). The standard InChI is InChI=1S/C12H14N4O/c13-15-12(17)7-10-2-1-3-11(6-10)8-16-5-4-14-9-16/h1-6,9H,7-8,13H2,(H,15,17). The Bertz CT molecular complexity index is 493. The number of hydrogen-bond donors (Lipinski definition) is 2. The van der Waals surface area contributed by atoms with Crippen LogP contribution in [0.3, 0.4) is 0 Å². The fourth-order valence-corrected chi connectivity index (χ4v) is 1.67. The molecule has 0 bridgehead atoms. The molecule has 0 saturated carbocycles. The molecule has 1 amide bonds. The first-order valence-electron chi connectivity index (χ1n) is 5.31. The minimum atomic E-state index is -0.190. The van der Waals surface area contributed by atoms with Gasteiger partial charge in [-0.05, 0) is 11.1 Å². The Hall–Kier alpha value is -2.14. The van der Waals surface area contributed by atoms with Crippen LogP contribution in [0.4, 0.5) is 0 Å². The number of hydrazine groups is 1. The van der Waals surface area contributed by atoms with E-state index >= 15 is 0 Å². The lowest BCUT2D eigenvalue weighted by atomic mass is 10.1. The number of hydrogen-bond acceptors (Lipinski definition) is 3. The molecule has 1 aromatic carbocycles. The molecule has 0 aliphatic heterocycles. The summed E-state index contributed by atoms with van der Waals surface area (Å²) < 4.78 is 1.97. The third-order valence-corrected chi connectivity index (χ3v) is 2.44. The maximum absolute atomic E-state index is 11.2.